The van der Waals surface area contributed by atoms with Gasteiger partial charge in [0.1, 0.15) is 6.10 Å². The van der Waals surface area contributed by atoms with Crippen LogP contribution in [-0.2, 0) is 4.79 Å². The standard InChI is InChI=1S/C24H34N2O3/c1-28-23-18-19(9-11-24(27)26-14-3-2-4-15-26)8-10-22(23)29-21-12-16-25(17-13-21)20-6-5-7-20/h8-11,18,20-21H,2-7,12-17H2,1H3/b11-9+. The number of piperidine rings is 2. The maximum atomic E-state index is 12.3. The minimum atomic E-state index is 0.0993. The number of amides is 1. The molecule has 1 aromatic carbocycles. The topological polar surface area (TPSA) is 42.0 Å². The fourth-order valence-corrected chi connectivity index (χ4v) is 4.56. The van der Waals surface area contributed by atoms with E-state index in [0.29, 0.717) is 0 Å². The summed E-state index contributed by atoms with van der Waals surface area (Å²) in [5, 5.41) is 0. The third kappa shape index (κ3) is 5.13. The lowest BCUT2D eigenvalue weighted by atomic mass is 9.90. The van der Waals surface area contributed by atoms with E-state index in [1.165, 1.54) is 25.7 Å². The van der Waals surface area contributed by atoms with Crippen LogP contribution >= 0.6 is 0 Å². The van der Waals surface area contributed by atoms with E-state index in [4.69, 9.17) is 9.47 Å². The lowest BCUT2D eigenvalue weighted by molar-refractivity contribution is -0.126. The molecule has 1 aliphatic carbocycles. The lowest BCUT2D eigenvalue weighted by Crippen LogP contribution is -2.46. The van der Waals surface area contributed by atoms with E-state index >= 15 is 0 Å². The zero-order valence-corrected chi connectivity index (χ0v) is 17.6. The normalized spacial score (nSPS) is 21.9. The fourth-order valence-electron chi connectivity index (χ4n) is 4.56. The van der Waals surface area contributed by atoms with Crippen LogP contribution in [0.4, 0.5) is 0 Å². The Hall–Kier alpha value is -2.01. The summed E-state index contributed by atoms with van der Waals surface area (Å²) >= 11 is 0. The van der Waals surface area contributed by atoms with E-state index in [1.54, 1.807) is 13.2 Å². The summed E-state index contributed by atoms with van der Waals surface area (Å²) in [6, 6.07) is 6.76. The molecule has 5 nitrogen and oxygen atoms in total. The summed E-state index contributed by atoms with van der Waals surface area (Å²) in [6.07, 6.45) is 13.5. The Kier molecular flexibility index (Phi) is 6.75. The predicted molar refractivity (Wildman–Crippen MR) is 115 cm³/mol. The van der Waals surface area contributed by atoms with Crippen molar-refractivity contribution < 1.29 is 14.3 Å². The molecule has 3 fully saturated rings. The molecule has 5 heteroatoms. The van der Waals surface area contributed by atoms with Gasteiger partial charge in [-0.3, -0.25) is 4.79 Å². The molecule has 1 saturated carbocycles. The van der Waals surface area contributed by atoms with Crippen molar-refractivity contribution in [2.24, 2.45) is 0 Å². The Bertz CT molecular complexity index is 715. The minimum absolute atomic E-state index is 0.0993. The van der Waals surface area contributed by atoms with Crippen LogP contribution in [0.15, 0.2) is 24.3 Å². The van der Waals surface area contributed by atoms with Gasteiger partial charge in [-0.15, -0.1) is 0 Å². The number of carbonyl (C=O) groups is 1. The average molecular weight is 399 g/mol. The summed E-state index contributed by atoms with van der Waals surface area (Å²) in [7, 11) is 1.67. The van der Waals surface area contributed by atoms with E-state index < -0.39 is 0 Å². The molecule has 2 heterocycles. The van der Waals surface area contributed by atoms with Crippen molar-refractivity contribution in [3.05, 3.63) is 29.8 Å². The van der Waals surface area contributed by atoms with Crippen molar-refractivity contribution in [1.82, 2.24) is 9.80 Å². The Morgan fingerprint density at radius 2 is 1.72 bits per heavy atom. The zero-order valence-electron chi connectivity index (χ0n) is 17.6. The number of rotatable bonds is 6. The molecule has 0 bridgehead atoms. The molecule has 2 aliphatic heterocycles. The van der Waals surface area contributed by atoms with E-state index in [9.17, 15) is 4.79 Å². The highest BCUT2D eigenvalue weighted by Gasteiger charge is 2.29. The molecule has 2 saturated heterocycles. The van der Waals surface area contributed by atoms with Crippen LogP contribution in [0.3, 0.4) is 0 Å². The van der Waals surface area contributed by atoms with Gasteiger partial charge in [0.15, 0.2) is 11.5 Å². The van der Waals surface area contributed by atoms with E-state index in [2.05, 4.69) is 4.90 Å². The molecule has 4 rings (SSSR count). The van der Waals surface area contributed by atoms with Crippen LogP contribution in [0.25, 0.3) is 6.08 Å². The van der Waals surface area contributed by atoms with Crippen molar-refractivity contribution in [2.45, 2.75) is 63.5 Å². The van der Waals surface area contributed by atoms with Gasteiger partial charge in [-0.1, -0.05) is 12.5 Å². The number of hydrogen-bond donors (Lipinski definition) is 0. The maximum Gasteiger partial charge on any atom is 0.246 e. The zero-order chi connectivity index (χ0) is 20.1. The monoisotopic (exact) mass is 398 g/mol. The second-order valence-electron chi connectivity index (χ2n) is 8.57. The Morgan fingerprint density at radius 3 is 2.38 bits per heavy atom. The van der Waals surface area contributed by atoms with Crippen molar-refractivity contribution in [3.63, 3.8) is 0 Å². The van der Waals surface area contributed by atoms with Crippen molar-refractivity contribution >= 4 is 12.0 Å². The Labute approximate surface area is 174 Å². The second-order valence-corrected chi connectivity index (χ2v) is 8.57. The van der Waals surface area contributed by atoms with Crippen molar-refractivity contribution in [3.8, 4) is 11.5 Å². The number of methoxy groups -OCH3 is 1. The van der Waals surface area contributed by atoms with Gasteiger partial charge in [0.25, 0.3) is 0 Å². The minimum Gasteiger partial charge on any atom is -0.493 e. The first-order valence-corrected chi connectivity index (χ1v) is 11.3. The lowest BCUT2D eigenvalue weighted by Gasteiger charge is -2.41. The molecule has 0 radical (unpaired) electrons. The molecule has 1 amide bonds. The maximum absolute atomic E-state index is 12.3. The van der Waals surface area contributed by atoms with Crippen molar-refractivity contribution in [1.29, 1.82) is 0 Å². The second kappa shape index (κ2) is 9.66. The first-order chi connectivity index (χ1) is 14.2. The molecule has 1 aromatic rings. The summed E-state index contributed by atoms with van der Waals surface area (Å²) in [5.74, 6) is 1.63. The first kappa shape index (κ1) is 20.3. The molecular formula is C24H34N2O3. The molecule has 0 atom stereocenters. The largest absolute Gasteiger partial charge is 0.493 e. The number of nitrogens with zero attached hydrogens (tertiary/aromatic N) is 2. The van der Waals surface area contributed by atoms with Crippen LogP contribution in [0.1, 0.15) is 56.9 Å². The van der Waals surface area contributed by atoms with Crippen LogP contribution in [-0.4, -0.2) is 61.1 Å². The summed E-state index contributed by atoms with van der Waals surface area (Å²) in [4.78, 5) is 16.9. The number of benzene rings is 1. The van der Waals surface area contributed by atoms with Gasteiger partial charge < -0.3 is 19.3 Å². The van der Waals surface area contributed by atoms with Crippen molar-refractivity contribution in [2.75, 3.05) is 33.3 Å². The first-order valence-electron chi connectivity index (χ1n) is 11.3. The van der Waals surface area contributed by atoms with Gasteiger partial charge in [0.05, 0.1) is 7.11 Å². The third-order valence-electron chi connectivity index (χ3n) is 6.64. The highest BCUT2D eigenvalue weighted by Crippen LogP contribution is 2.33. The van der Waals surface area contributed by atoms with Crippen LogP contribution in [0, 0.1) is 0 Å². The van der Waals surface area contributed by atoms with E-state index in [-0.39, 0.29) is 12.0 Å². The van der Waals surface area contributed by atoms with Crippen LogP contribution < -0.4 is 9.47 Å². The molecular weight excluding hydrogens is 364 g/mol. The van der Waals surface area contributed by atoms with E-state index in [0.717, 1.165) is 75.0 Å². The molecule has 0 unspecified atom stereocenters. The summed E-state index contributed by atoms with van der Waals surface area (Å²) in [5.41, 5.74) is 0.958. The quantitative estimate of drug-likeness (QED) is 0.676. The SMILES string of the molecule is COc1cc(/C=C/C(=O)N2CCCCC2)ccc1OC1CCN(C2CCC2)CC1. The molecule has 3 aliphatic rings. The summed E-state index contributed by atoms with van der Waals surface area (Å²) in [6.45, 7) is 4.02. The van der Waals surface area contributed by atoms with Gasteiger partial charge in [-0.2, -0.15) is 0 Å². The van der Waals surface area contributed by atoms with Gasteiger partial charge in [-0.25, -0.2) is 0 Å². The van der Waals surface area contributed by atoms with E-state index in [1.807, 2.05) is 29.2 Å². The number of likely N-dealkylation sites (tertiary alicyclic amines) is 2. The van der Waals surface area contributed by atoms with Gasteiger partial charge >= 0.3 is 0 Å². The Balaban J connectivity index is 1.33. The highest BCUT2D eigenvalue weighted by atomic mass is 16.5. The molecule has 29 heavy (non-hydrogen) atoms. The smallest absolute Gasteiger partial charge is 0.246 e. The third-order valence-corrected chi connectivity index (χ3v) is 6.64. The summed E-state index contributed by atoms with van der Waals surface area (Å²) < 4.78 is 11.9. The van der Waals surface area contributed by atoms with Crippen LogP contribution in [0.2, 0.25) is 0 Å². The predicted octanol–water partition coefficient (Wildman–Crippen LogP) is 4.12. The Morgan fingerprint density at radius 1 is 0.966 bits per heavy atom. The van der Waals surface area contributed by atoms with Gasteiger partial charge in [0, 0.05) is 38.3 Å². The molecule has 0 N–H and O–H groups in total. The molecule has 0 aromatic heterocycles. The fraction of sp³-hybridized carbons (Fsp3) is 0.625. The highest BCUT2D eigenvalue weighted by molar-refractivity contribution is 5.91. The molecule has 158 valence electrons. The van der Waals surface area contributed by atoms with Gasteiger partial charge in [-0.05, 0) is 68.7 Å². The van der Waals surface area contributed by atoms with Gasteiger partial charge in [0.2, 0.25) is 5.91 Å². The van der Waals surface area contributed by atoms with Crippen LogP contribution in [0.5, 0.6) is 11.5 Å². The average Bonchev–Trinajstić information content (AvgIpc) is 2.73. The number of ether oxygens (including phenoxy) is 2. The number of carbonyl (C=O) groups excluding carboxylic acids is 1. The molecule has 0 spiro atoms. The number of hydrogen-bond acceptors (Lipinski definition) is 4.